The Morgan fingerprint density at radius 2 is 1.70 bits per heavy atom. The van der Waals surface area contributed by atoms with Gasteiger partial charge < -0.3 is 0 Å². The van der Waals surface area contributed by atoms with Crippen LogP contribution in [0.3, 0.4) is 0 Å². The zero-order valence-corrected chi connectivity index (χ0v) is 19.7. The van der Waals surface area contributed by atoms with Crippen molar-refractivity contribution in [2.45, 2.75) is 52.5 Å². The average molecular weight is 459 g/mol. The predicted octanol–water partition coefficient (Wildman–Crippen LogP) is 4.98. The normalized spacial score (nSPS) is 13.6. The van der Waals surface area contributed by atoms with Gasteiger partial charge in [0.1, 0.15) is 4.83 Å². The summed E-state index contributed by atoms with van der Waals surface area (Å²) in [6.07, 6.45) is 5.00. The Labute approximate surface area is 195 Å². The van der Waals surface area contributed by atoms with Crippen molar-refractivity contribution in [1.29, 1.82) is 0 Å². The average Bonchev–Trinajstić information content (AvgIpc) is 3.02. The zero-order valence-electron chi connectivity index (χ0n) is 18.9. The van der Waals surface area contributed by atoms with Crippen LogP contribution in [0.5, 0.6) is 0 Å². The van der Waals surface area contributed by atoms with Crippen molar-refractivity contribution in [3.05, 3.63) is 96.5 Å². The third-order valence-electron chi connectivity index (χ3n) is 6.63. The number of ketones is 1. The first-order valence-electron chi connectivity index (χ1n) is 11.4. The van der Waals surface area contributed by atoms with Crippen LogP contribution in [0.2, 0.25) is 0 Å². The lowest BCUT2D eigenvalue weighted by molar-refractivity contribution is 0.0971. The van der Waals surface area contributed by atoms with Gasteiger partial charge in [-0.3, -0.25) is 14.2 Å². The molecular formula is C27H26N2O3S. The summed E-state index contributed by atoms with van der Waals surface area (Å²) in [5.41, 5.74) is 3.53. The minimum Gasteiger partial charge on any atom is -0.292 e. The lowest BCUT2D eigenvalue weighted by atomic mass is 10.1. The van der Waals surface area contributed by atoms with E-state index in [1.165, 1.54) is 25.3 Å². The van der Waals surface area contributed by atoms with Crippen LogP contribution in [0, 0.1) is 13.8 Å². The number of aryl methyl sites for hydroxylation is 4. The highest BCUT2D eigenvalue weighted by atomic mass is 32.1. The molecule has 6 heteroatoms. The molecule has 0 N–H and O–H groups in total. The molecule has 0 saturated heterocycles. The van der Waals surface area contributed by atoms with E-state index in [-0.39, 0.29) is 17.9 Å². The van der Waals surface area contributed by atoms with E-state index in [1.807, 2.05) is 50.2 Å². The Kier molecular flexibility index (Phi) is 5.62. The lowest BCUT2D eigenvalue weighted by Crippen LogP contribution is -2.40. The maximum Gasteiger partial charge on any atom is 0.337 e. The topological polar surface area (TPSA) is 61.1 Å². The van der Waals surface area contributed by atoms with Crippen molar-refractivity contribution in [1.82, 2.24) is 9.13 Å². The van der Waals surface area contributed by atoms with Crippen molar-refractivity contribution in [2.24, 2.45) is 0 Å². The molecule has 4 aromatic rings. The van der Waals surface area contributed by atoms with Gasteiger partial charge in [-0.05, 0) is 68.4 Å². The first kappa shape index (κ1) is 21.6. The summed E-state index contributed by atoms with van der Waals surface area (Å²) in [5, 5.41) is 0.607. The fraction of sp³-hybridized carbons (Fsp3) is 0.296. The van der Waals surface area contributed by atoms with E-state index in [0.29, 0.717) is 21.5 Å². The summed E-state index contributed by atoms with van der Waals surface area (Å²) in [7, 11) is 0. The molecule has 2 aromatic heterocycles. The van der Waals surface area contributed by atoms with E-state index >= 15 is 0 Å². The van der Waals surface area contributed by atoms with Crippen molar-refractivity contribution in [2.75, 3.05) is 0 Å². The van der Waals surface area contributed by atoms with E-state index in [4.69, 9.17) is 0 Å². The van der Waals surface area contributed by atoms with Gasteiger partial charge in [-0.1, -0.05) is 42.8 Å². The molecule has 0 bridgehead atoms. The molecule has 1 aliphatic carbocycles. The smallest absolute Gasteiger partial charge is 0.292 e. The summed E-state index contributed by atoms with van der Waals surface area (Å²) in [6.45, 7) is 3.88. The van der Waals surface area contributed by atoms with Crippen molar-refractivity contribution in [3.8, 4) is 5.69 Å². The molecule has 0 atom stereocenters. The molecule has 0 fully saturated rings. The Morgan fingerprint density at radius 1 is 0.939 bits per heavy atom. The minimum atomic E-state index is -0.462. The van der Waals surface area contributed by atoms with Crippen molar-refractivity contribution < 1.29 is 4.79 Å². The lowest BCUT2D eigenvalue weighted by Gasteiger charge is -2.13. The van der Waals surface area contributed by atoms with Crippen LogP contribution in [0.1, 0.15) is 51.2 Å². The van der Waals surface area contributed by atoms with Crippen LogP contribution in [-0.4, -0.2) is 14.9 Å². The summed E-state index contributed by atoms with van der Waals surface area (Å²) >= 11 is 1.51. The highest BCUT2D eigenvalue weighted by molar-refractivity contribution is 7.18. The second-order valence-corrected chi connectivity index (χ2v) is 9.90. The maximum absolute atomic E-state index is 13.8. The number of carbonyl (C=O) groups excluding carboxylic acids is 1. The van der Waals surface area contributed by atoms with Crippen molar-refractivity contribution in [3.63, 3.8) is 0 Å². The molecular weight excluding hydrogens is 432 g/mol. The monoisotopic (exact) mass is 458 g/mol. The third kappa shape index (κ3) is 3.78. The Bertz CT molecular complexity index is 1490. The fourth-order valence-electron chi connectivity index (χ4n) is 4.64. The minimum absolute atomic E-state index is 0.0934. The molecule has 2 heterocycles. The van der Waals surface area contributed by atoms with Gasteiger partial charge in [0.05, 0.1) is 17.6 Å². The number of fused-ring (bicyclic) bond motifs is 3. The molecule has 0 unspecified atom stereocenters. The van der Waals surface area contributed by atoms with Gasteiger partial charge in [0.2, 0.25) is 0 Å². The molecule has 0 radical (unpaired) electrons. The Hall–Kier alpha value is -3.25. The molecule has 0 amide bonds. The number of aromatic nitrogens is 2. The number of carbonyl (C=O) groups is 1. The number of rotatable bonds is 4. The summed E-state index contributed by atoms with van der Waals surface area (Å²) in [4.78, 5) is 42.4. The van der Waals surface area contributed by atoms with E-state index in [9.17, 15) is 14.4 Å². The highest BCUT2D eigenvalue weighted by Crippen LogP contribution is 2.33. The SMILES string of the molecule is Cc1ccc(-n2c(=O)c3c4c(sc3n(CC(=O)c3ccccc3)c2=O)CCCCC4)cc1C. The molecule has 5 rings (SSSR count). The van der Waals surface area contributed by atoms with E-state index in [0.717, 1.165) is 48.8 Å². The molecule has 33 heavy (non-hydrogen) atoms. The number of hydrogen-bond acceptors (Lipinski definition) is 4. The van der Waals surface area contributed by atoms with Crippen LogP contribution in [0.15, 0.2) is 58.1 Å². The number of hydrogen-bond donors (Lipinski definition) is 0. The van der Waals surface area contributed by atoms with Gasteiger partial charge in [-0.15, -0.1) is 11.3 Å². The Morgan fingerprint density at radius 3 is 2.45 bits per heavy atom. The zero-order chi connectivity index (χ0) is 23.1. The van der Waals surface area contributed by atoms with Gasteiger partial charge in [0.25, 0.3) is 5.56 Å². The standard InChI is InChI=1S/C27H26N2O3S/c1-17-13-14-20(15-18(17)2)29-25(31)24-21-11-7-4-8-12-23(21)33-26(24)28(27(29)32)16-22(30)19-9-5-3-6-10-19/h3,5-6,9-10,13-15H,4,7-8,11-12,16H2,1-2H3. The molecule has 0 saturated carbocycles. The first-order valence-corrected chi connectivity index (χ1v) is 12.2. The van der Waals surface area contributed by atoms with Crippen LogP contribution < -0.4 is 11.2 Å². The second kappa shape index (κ2) is 8.60. The molecule has 2 aromatic carbocycles. The first-order chi connectivity index (χ1) is 16.0. The number of benzene rings is 2. The summed E-state index contributed by atoms with van der Waals surface area (Å²) < 4.78 is 2.77. The van der Waals surface area contributed by atoms with E-state index < -0.39 is 5.69 Å². The van der Waals surface area contributed by atoms with Crippen LogP contribution in [0.4, 0.5) is 0 Å². The highest BCUT2D eigenvalue weighted by Gasteiger charge is 2.24. The second-order valence-electron chi connectivity index (χ2n) is 8.81. The van der Waals surface area contributed by atoms with Gasteiger partial charge in [-0.25, -0.2) is 9.36 Å². The van der Waals surface area contributed by atoms with Gasteiger partial charge in [0.15, 0.2) is 5.78 Å². The summed E-state index contributed by atoms with van der Waals surface area (Å²) in [5.74, 6) is -0.145. The molecule has 5 nitrogen and oxygen atoms in total. The molecule has 0 aliphatic heterocycles. The fourth-order valence-corrected chi connectivity index (χ4v) is 6.01. The van der Waals surface area contributed by atoms with Crippen molar-refractivity contribution >= 4 is 27.3 Å². The quantitative estimate of drug-likeness (QED) is 0.320. The molecule has 168 valence electrons. The van der Waals surface area contributed by atoms with Crippen LogP contribution in [0.25, 0.3) is 15.9 Å². The number of thiophene rings is 1. The van der Waals surface area contributed by atoms with Gasteiger partial charge in [0, 0.05) is 10.4 Å². The van der Waals surface area contributed by atoms with Crippen LogP contribution >= 0.6 is 11.3 Å². The van der Waals surface area contributed by atoms with Crippen LogP contribution in [-0.2, 0) is 19.4 Å². The molecule has 0 spiro atoms. The summed E-state index contributed by atoms with van der Waals surface area (Å²) in [6, 6.07) is 14.6. The molecule has 1 aliphatic rings. The van der Waals surface area contributed by atoms with Gasteiger partial charge >= 0.3 is 5.69 Å². The number of Topliss-reactive ketones (excluding diaryl/α,β-unsaturated/α-hetero) is 1. The maximum atomic E-state index is 13.8. The predicted molar refractivity (Wildman–Crippen MR) is 133 cm³/mol. The van der Waals surface area contributed by atoms with Gasteiger partial charge in [-0.2, -0.15) is 0 Å². The Balaban J connectivity index is 1.79. The van der Waals surface area contributed by atoms with E-state index in [2.05, 4.69) is 0 Å². The number of nitrogens with zero attached hydrogens (tertiary/aromatic N) is 2. The third-order valence-corrected chi connectivity index (χ3v) is 7.95. The largest absolute Gasteiger partial charge is 0.337 e. The van der Waals surface area contributed by atoms with E-state index in [1.54, 1.807) is 12.1 Å².